The Hall–Kier alpha value is -2.13. The predicted molar refractivity (Wildman–Crippen MR) is 69.5 cm³/mol. The monoisotopic (exact) mass is 261 g/mol. The summed E-state index contributed by atoms with van der Waals surface area (Å²) in [6.07, 6.45) is 0. The molecule has 0 amide bonds. The average molecular weight is 261 g/mol. The highest BCUT2D eigenvalue weighted by Crippen LogP contribution is 2.23. The van der Waals surface area contributed by atoms with E-state index < -0.39 is 15.8 Å². The van der Waals surface area contributed by atoms with Crippen LogP contribution < -0.4 is 4.72 Å². The van der Waals surface area contributed by atoms with Crippen molar-refractivity contribution in [1.29, 1.82) is 5.26 Å². The van der Waals surface area contributed by atoms with Crippen LogP contribution in [0, 0.1) is 18.3 Å². The summed E-state index contributed by atoms with van der Waals surface area (Å²) >= 11 is 0. The van der Waals surface area contributed by atoms with Crippen LogP contribution in [0.4, 0.5) is 5.69 Å². The van der Waals surface area contributed by atoms with Crippen molar-refractivity contribution >= 4 is 26.6 Å². The van der Waals surface area contributed by atoms with Crippen molar-refractivity contribution in [3.05, 3.63) is 36.0 Å². The highest BCUT2D eigenvalue weighted by Gasteiger charge is 2.12. The number of hydrogen-bond acceptors (Lipinski definition) is 4. The van der Waals surface area contributed by atoms with E-state index in [1.54, 1.807) is 31.2 Å². The first-order valence-corrected chi connectivity index (χ1v) is 6.91. The summed E-state index contributed by atoms with van der Waals surface area (Å²) in [7, 11) is -3.63. The van der Waals surface area contributed by atoms with Gasteiger partial charge >= 0.3 is 0 Å². The molecule has 0 saturated carbocycles. The van der Waals surface area contributed by atoms with Crippen molar-refractivity contribution in [2.24, 2.45) is 0 Å². The van der Waals surface area contributed by atoms with E-state index in [2.05, 4.69) is 9.71 Å². The maximum atomic E-state index is 11.6. The summed E-state index contributed by atoms with van der Waals surface area (Å²) in [5.41, 5.74) is 1.88. The van der Waals surface area contributed by atoms with Crippen molar-refractivity contribution in [3.63, 3.8) is 0 Å². The Morgan fingerprint density at radius 2 is 2.11 bits per heavy atom. The molecule has 6 heteroatoms. The fourth-order valence-corrected chi connectivity index (χ4v) is 2.43. The summed E-state index contributed by atoms with van der Waals surface area (Å²) < 4.78 is 25.6. The zero-order valence-electron chi connectivity index (χ0n) is 9.71. The molecule has 0 fully saturated rings. The minimum atomic E-state index is -3.63. The number of sulfonamides is 1. The molecule has 2 aromatic rings. The normalized spacial score (nSPS) is 11.1. The molecule has 0 radical (unpaired) electrons. The van der Waals surface area contributed by atoms with E-state index in [0.717, 1.165) is 0 Å². The third kappa shape index (κ3) is 2.57. The SMILES string of the molecule is Cc1cc(NS(=O)(=O)CC#N)c2ccccc2n1. The van der Waals surface area contributed by atoms with Crippen LogP contribution in [0.2, 0.25) is 0 Å². The molecule has 1 N–H and O–H groups in total. The summed E-state index contributed by atoms with van der Waals surface area (Å²) in [5.74, 6) is -0.567. The molecule has 0 spiro atoms. The van der Waals surface area contributed by atoms with Gasteiger partial charge in [-0.25, -0.2) is 8.42 Å². The Morgan fingerprint density at radius 1 is 1.39 bits per heavy atom. The van der Waals surface area contributed by atoms with Crippen molar-refractivity contribution < 1.29 is 8.42 Å². The molecule has 92 valence electrons. The number of hydrogen-bond donors (Lipinski definition) is 1. The Bertz CT molecular complexity index is 733. The number of benzene rings is 1. The minimum Gasteiger partial charge on any atom is -0.282 e. The van der Waals surface area contributed by atoms with Gasteiger partial charge in [-0.3, -0.25) is 9.71 Å². The molecule has 0 aliphatic heterocycles. The molecule has 1 heterocycles. The third-order valence-corrected chi connectivity index (χ3v) is 3.40. The molecular formula is C12H11N3O2S. The zero-order chi connectivity index (χ0) is 13.2. The van der Waals surface area contributed by atoms with Gasteiger partial charge in [-0.1, -0.05) is 18.2 Å². The number of para-hydroxylation sites is 1. The Balaban J connectivity index is 2.55. The molecule has 0 unspecified atom stereocenters. The van der Waals surface area contributed by atoms with Crippen molar-refractivity contribution in [1.82, 2.24) is 4.98 Å². The van der Waals surface area contributed by atoms with E-state index >= 15 is 0 Å². The lowest BCUT2D eigenvalue weighted by atomic mass is 10.2. The van der Waals surface area contributed by atoms with E-state index in [1.165, 1.54) is 0 Å². The van der Waals surface area contributed by atoms with Crippen LogP contribution in [0.25, 0.3) is 10.9 Å². The first-order chi connectivity index (χ1) is 8.52. The van der Waals surface area contributed by atoms with Crippen molar-refractivity contribution in [3.8, 4) is 6.07 Å². The molecule has 5 nitrogen and oxygen atoms in total. The first-order valence-electron chi connectivity index (χ1n) is 5.26. The molecule has 18 heavy (non-hydrogen) atoms. The van der Waals surface area contributed by atoms with Crippen molar-refractivity contribution in [2.45, 2.75) is 6.92 Å². The highest BCUT2D eigenvalue weighted by atomic mass is 32.2. The maximum absolute atomic E-state index is 11.6. The molecule has 0 aliphatic rings. The standard InChI is InChI=1S/C12H11N3O2S/c1-9-8-12(15-18(16,17)7-6-13)10-4-2-3-5-11(10)14-9/h2-5,8H,7H2,1H3,(H,14,15). The Morgan fingerprint density at radius 3 is 2.83 bits per heavy atom. The van der Waals surface area contributed by atoms with Crippen LogP contribution in [0.3, 0.4) is 0 Å². The fraction of sp³-hybridized carbons (Fsp3) is 0.167. The highest BCUT2D eigenvalue weighted by molar-refractivity contribution is 7.92. The second-order valence-corrected chi connectivity index (χ2v) is 5.57. The number of nitrogens with zero attached hydrogens (tertiary/aromatic N) is 2. The predicted octanol–water partition coefficient (Wildman–Crippen LogP) is 1.81. The number of aryl methyl sites for hydroxylation is 1. The van der Waals surface area contributed by atoms with Crippen LogP contribution in [0.15, 0.2) is 30.3 Å². The van der Waals surface area contributed by atoms with Crippen LogP contribution in [-0.4, -0.2) is 19.2 Å². The molecule has 2 rings (SSSR count). The number of rotatable bonds is 3. The lowest BCUT2D eigenvalue weighted by molar-refractivity contribution is 0.604. The first kappa shape index (κ1) is 12.3. The molecule has 1 aromatic carbocycles. The summed E-state index contributed by atoms with van der Waals surface area (Å²) in [6, 6.07) is 10.5. The number of nitrogens with one attached hydrogen (secondary N) is 1. The second-order valence-electron chi connectivity index (χ2n) is 3.85. The van der Waals surface area contributed by atoms with Gasteiger partial charge in [-0.15, -0.1) is 0 Å². The van der Waals surface area contributed by atoms with Gasteiger partial charge in [0.2, 0.25) is 10.0 Å². The van der Waals surface area contributed by atoms with Gasteiger partial charge < -0.3 is 0 Å². The van der Waals surface area contributed by atoms with E-state index in [1.807, 2.05) is 12.1 Å². The zero-order valence-corrected chi connectivity index (χ0v) is 10.5. The van der Waals surface area contributed by atoms with Crippen LogP contribution >= 0.6 is 0 Å². The van der Waals surface area contributed by atoms with Gasteiger partial charge in [-0.2, -0.15) is 5.26 Å². The summed E-state index contributed by atoms with van der Waals surface area (Å²) in [6.45, 7) is 1.79. The largest absolute Gasteiger partial charge is 0.282 e. The molecule has 0 bridgehead atoms. The molecule has 0 aliphatic carbocycles. The third-order valence-electron chi connectivity index (χ3n) is 2.36. The lowest BCUT2D eigenvalue weighted by Crippen LogP contribution is -2.16. The topological polar surface area (TPSA) is 82.9 Å². The van der Waals surface area contributed by atoms with E-state index in [0.29, 0.717) is 22.3 Å². The van der Waals surface area contributed by atoms with E-state index in [9.17, 15) is 8.42 Å². The summed E-state index contributed by atoms with van der Waals surface area (Å²) in [5, 5.41) is 9.18. The lowest BCUT2D eigenvalue weighted by Gasteiger charge is -2.09. The number of pyridine rings is 1. The molecule has 0 saturated heterocycles. The van der Waals surface area contributed by atoms with Gasteiger partial charge in [0.25, 0.3) is 0 Å². The Labute approximate surface area is 105 Å². The quantitative estimate of drug-likeness (QED) is 0.913. The second kappa shape index (κ2) is 4.63. The Kier molecular flexibility index (Phi) is 3.17. The smallest absolute Gasteiger partial charge is 0.246 e. The van der Waals surface area contributed by atoms with Gasteiger partial charge in [0, 0.05) is 11.1 Å². The molecule has 1 aromatic heterocycles. The number of nitriles is 1. The fourth-order valence-electron chi connectivity index (χ4n) is 1.68. The molecular weight excluding hydrogens is 250 g/mol. The van der Waals surface area contributed by atoms with Crippen molar-refractivity contribution in [2.75, 3.05) is 10.5 Å². The number of aromatic nitrogens is 1. The van der Waals surface area contributed by atoms with Gasteiger partial charge in [0.1, 0.15) is 0 Å². The summed E-state index contributed by atoms with van der Waals surface area (Å²) in [4.78, 5) is 4.31. The van der Waals surface area contributed by atoms with Gasteiger partial charge in [0.05, 0.1) is 17.3 Å². The van der Waals surface area contributed by atoms with Crippen LogP contribution in [0.1, 0.15) is 5.69 Å². The maximum Gasteiger partial charge on any atom is 0.246 e. The average Bonchev–Trinajstić information content (AvgIpc) is 2.28. The van der Waals surface area contributed by atoms with E-state index in [4.69, 9.17) is 5.26 Å². The van der Waals surface area contributed by atoms with Gasteiger partial charge in [0.15, 0.2) is 5.75 Å². The van der Waals surface area contributed by atoms with Crippen LogP contribution in [0.5, 0.6) is 0 Å². The van der Waals surface area contributed by atoms with E-state index in [-0.39, 0.29) is 0 Å². The number of anilines is 1. The number of fused-ring (bicyclic) bond motifs is 1. The molecule has 0 atom stereocenters. The van der Waals surface area contributed by atoms with Crippen LogP contribution in [-0.2, 0) is 10.0 Å². The minimum absolute atomic E-state index is 0.452. The van der Waals surface area contributed by atoms with Gasteiger partial charge in [-0.05, 0) is 19.1 Å².